The van der Waals surface area contributed by atoms with E-state index < -0.39 is 22.8 Å². The highest BCUT2D eigenvalue weighted by molar-refractivity contribution is 5.75. The van der Waals surface area contributed by atoms with E-state index in [4.69, 9.17) is 16.3 Å². The van der Waals surface area contributed by atoms with Gasteiger partial charge in [-0.3, -0.25) is 9.80 Å². The predicted octanol–water partition coefficient (Wildman–Crippen LogP) is 3.13. The van der Waals surface area contributed by atoms with Gasteiger partial charge in [0.25, 0.3) is 0 Å². The highest BCUT2D eigenvalue weighted by atomic mass is 16.6. The molecule has 0 radical (unpaired) electrons. The fraction of sp³-hybridized carbons (Fsp3) is 0.737. The Bertz CT molecular complexity index is 592. The first-order valence-corrected chi connectivity index (χ1v) is 8.84. The molecule has 2 fully saturated rings. The third-order valence-corrected chi connectivity index (χ3v) is 4.73. The molecule has 2 rings (SSSR count). The van der Waals surface area contributed by atoms with Crippen LogP contribution in [0.4, 0.5) is 9.59 Å². The van der Waals surface area contributed by atoms with Gasteiger partial charge in [0.05, 0.1) is 5.54 Å². The second-order valence-electron chi connectivity index (χ2n) is 8.17. The third-order valence-electron chi connectivity index (χ3n) is 4.73. The highest BCUT2D eigenvalue weighted by Crippen LogP contribution is 2.29. The van der Waals surface area contributed by atoms with Gasteiger partial charge in [0.2, 0.25) is 0 Å². The zero-order valence-electron chi connectivity index (χ0n) is 16.4. The Kier molecular flexibility index (Phi) is 6.70. The first-order chi connectivity index (χ1) is 11.9. The molecule has 0 aromatic heterocycles. The maximum Gasteiger partial charge on any atom is 0.411 e. The van der Waals surface area contributed by atoms with Crippen LogP contribution in [0, 0.1) is 12.3 Å². The molecule has 0 aromatic carbocycles. The van der Waals surface area contributed by atoms with Crippen LogP contribution in [-0.4, -0.2) is 63.1 Å². The molecule has 2 heterocycles. The summed E-state index contributed by atoms with van der Waals surface area (Å²) < 4.78 is 5.31. The van der Waals surface area contributed by atoms with Crippen LogP contribution in [0.15, 0.2) is 0 Å². The molecule has 2 aliphatic heterocycles. The maximum absolute atomic E-state index is 11.8. The molecule has 0 saturated carbocycles. The molecule has 0 aromatic rings. The lowest BCUT2D eigenvalue weighted by atomic mass is 10.0. The Morgan fingerprint density at radius 2 is 1.69 bits per heavy atom. The molecule has 7 heteroatoms. The fourth-order valence-corrected chi connectivity index (χ4v) is 3.15. The second kappa shape index (κ2) is 7.98. The molecule has 7 nitrogen and oxygen atoms in total. The quantitative estimate of drug-likeness (QED) is 0.569. The maximum atomic E-state index is 11.8. The van der Waals surface area contributed by atoms with Crippen molar-refractivity contribution < 1.29 is 24.2 Å². The number of rotatable bonds is 1. The van der Waals surface area contributed by atoms with Gasteiger partial charge in [0, 0.05) is 13.1 Å². The Balaban J connectivity index is 0.000000273. The summed E-state index contributed by atoms with van der Waals surface area (Å²) in [4.78, 5) is 35.8. The van der Waals surface area contributed by atoms with E-state index in [0.717, 1.165) is 19.3 Å². The topological polar surface area (TPSA) is 87.2 Å². The van der Waals surface area contributed by atoms with E-state index in [1.54, 1.807) is 11.8 Å². The number of hydrogen-bond donors (Lipinski definition) is 1. The molecule has 0 bridgehead atoms. The summed E-state index contributed by atoms with van der Waals surface area (Å²) in [7, 11) is 0. The minimum Gasteiger partial charge on any atom is -0.465 e. The first kappa shape index (κ1) is 21.8. The Labute approximate surface area is 155 Å². The van der Waals surface area contributed by atoms with Crippen molar-refractivity contribution in [2.75, 3.05) is 13.1 Å². The van der Waals surface area contributed by atoms with Gasteiger partial charge < -0.3 is 14.6 Å². The summed E-state index contributed by atoms with van der Waals surface area (Å²) >= 11 is 0. The molecule has 2 amide bonds. The van der Waals surface area contributed by atoms with Gasteiger partial charge in [-0.05, 0) is 60.3 Å². The Morgan fingerprint density at radius 1 is 1.15 bits per heavy atom. The Morgan fingerprint density at radius 3 is 2.12 bits per heavy atom. The minimum atomic E-state index is -1.00. The van der Waals surface area contributed by atoms with Gasteiger partial charge in [-0.15, -0.1) is 6.42 Å². The molecular formula is C19H30N2O5. The van der Waals surface area contributed by atoms with Crippen LogP contribution in [0.3, 0.4) is 0 Å². The molecule has 26 heavy (non-hydrogen) atoms. The van der Waals surface area contributed by atoms with Gasteiger partial charge in [0.1, 0.15) is 17.4 Å². The number of hydrogen-bond acceptors (Lipinski definition) is 4. The molecule has 0 unspecified atom stereocenters. The standard InChI is InChI=1S/C12H19NO2.C7H11NO3/c1-6-12(5)8-7-9-13(12)10(14)15-11(2,3)4;1-7(5-9)3-2-4-8(7)6(10)11/h1H,7-9H2,2-5H3;5H,2-4H2,1H3,(H,10,11)/t12-;7-/m10/s1. The number of amides is 2. The highest BCUT2D eigenvalue weighted by Gasteiger charge is 2.40. The summed E-state index contributed by atoms with van der Waals surface area (Å²) in [6, 6.07) is 0. The first-order valence-electron chi connectivity index (χ1n) is 8.84. The van der Waals surface area contributed by atoms with E-state index in [1.807, 2.05) is 27.7 Å². The van der Waals surface area contributed by atoms with Gasteiger partial charge in [-0.1, -0.05) is 5.92 Å². The zero-order valence-corrected chi connectivity index (χ0v) is 16.4. The van der Waals surface area contributed by atoms with E-state index in [1.165, 1.54) is 4.90 Å². The molecule has 1 N–H and O–H groups in total. The lowest BCUT2D eigenvalue weighted by molar-refractivity contribution is -0.115. The molecule has 2 aliphatic rings. The molecule has 2 saturated heterocycles. The van der Waals surface area contributed by atoms with Gasteiger partial charge in [-0.2, -0.15) is 0 Å². The van der Waals surface area contributed by atoms with E-state index in [0.29, 0.717) is 25.8 Å². The zero-order chi connectivity index (χ0) is 20.2. The van der Waals surface area contributed by atoms with Crippen molar-refractivity contribution in [1.82, 2.24) is 9.80 Å². The van der Waals surface area contributed by atoms with Gasteiger partial charge >= 0.3 is 12.2 Å². The summed E-state index contributed by atoms with van der Waals surface area (Å²) in [5.74, 6) is 2.68. The molecular weight excluding hydrogens is 336 g/mol. The van der Waals surface area contributed by atoms with Crippen molar-refractivity contribution in [3.05, 3.63) is 0 Å². The molecule has 0 aliphatic carbocycles. The Hall–Kier alpha value is -2.23. The molecule has 0 spiro atoms. The van der Waals surface area contributed by atoms with Crippen molar-refractivity contribution in [3.8, 4) is 12.3 Å². The second-order valence-corrected chi connectivity index (χ2v) is 8.17. The van der Waals surface area contributed by atoms with Gasteiger partial charge in [0.15, 0.2) is 0 Å². The van der Waals surface area contributed by atoms with Crippen LogP contribution in [-0.2, 0) is 9.53 Å². The number of likely N-dealkylation sites (tertiary alicyclic amines) is 2. The SMILES string of the molecule is C#C[C@]1(C)CCCN1C(=O)OC(C)(C)C.C[C@@]1(C=O)CCCN1C(=O)O. The van der Waals surface area contributed by atoms with Crippen molar-refractivity contribution in [2.45, 2.75) is 77.0 Å². The van der Waals surface area contributed by atoms with Gasteiger partial charge in [-0.25, -0.2) is 9.59 Å². The van der Waals surface area contributed by atoms with Crippen LogP contribution in [0.5, 0.6) is 0 Å². The van der Waals surface area contributed by atoms with E-state index in [9.17, 15) is 14.4 Å². The van der Waals surface area contributed by atoms with E-state index in [-0.39, 0.29) is 6.09 Å². The summed E-state index contributed by atoms with van der Waals surface area (Å²) in [6.45, 7) is 10.3. The number of carbonyl (C=O) groups excluding carboxylic acids is 2. The van der Waals surface area contributed by atoms with E-state index in [2.05, 4.69) is 5.92 Å². The summed E-state index contributed by atoms with van der Waals surface area (Å²) in [5.41, 5.74) is -1.71. The number of nitrogens with zero attached hydrogens (tertiary/aromatic N) is 2. The van der Waals surface area contributed by atoms with Crippen LogP contribution < -0.4 is 0 Å². The lowest BCUT2D eigenvalue weighted by Crippen LogP contribution is -2.46. The van der Waals surface area contributed by atoms with Crippen LogP contribution in [0.2, 0.25) is 0 Å². The summed E-state index contributed by atoms with van der Waals surface area (Å²) in [6.07, 6.45) is 8.08. The fourth-order valence-electron chi connectivity index (χ4n) is 3.15. The van der Waals surface area contributed by atoms with Crippen LogP contribution in [0.25, 0.3) is 0 Å². The normalized spacial score (nSPS) is 28.0. The molecule has 2 atom stereocenters. The summed E-state index contributed by atoms with van der Waals surface area (Å²) in [5, 5.41) is 8.65. The van der Waals surface area contributed by atoms with Crippen molar-refractivity contribution in [1.29, 1.82) is 0 Å². The number of ether oxygens (including phenoxy) is 1. The number of aldehydes is 1. The van der Waals surface area contributed by atoms with Crippen LogP contribution >= 0.6 is 0 Å². The predicted molar refractivity (Wildman–Crippen MR) is 97.8 cm³/mol. The number of carboxylic acid groups (broad SMARTS) is 1. The van der Waals surface area contributed by atoms with Crippen LogP contribution in [0.1, 0.15) is 60.3 Å². The number of carbonyl (C=O) groups is 3. The van der Waals surface area contributed by atoms with Crippen molar-refractivity contribution in [3.63, 3.8) is 0 Å². The smallest absolute Gasteiger partial charge is 0.411 e. The minimum absolute atomic E-state index is 0.305. The third kappa shape index (κ3) is 5.13. The van der Waals surface area contributed by atoms with E-state index >= 15 is 0 Å². The van der Waals surface area contributed by atoms with Crippen molar-refractivity contribution in [2.24, 2.45) is 0 Å². The monoisotopic (exact) mass is 366 g/mol. The average Bonchev–Trinajstić information content (AvgIpc) is 3.10. The number of terminal acetylenes is 1. The van der Waals surface area contributed by atoms with Crippen molar-refractivity contribution >= 4 is 18.5 Å². The molecule has 146 valence electrons. The largest absolute Gasteiger partial charge is 0.465 e. The average molecular weight is 366 g/mol. The lowest BCUT2D eigenvalue weighted by Gasteiger charge is -2.32.